The highest BCUT2D eigenvalue weighted by molar-refractivity contribution is 5.81. The van der Waals surface area contributed by atoms with E-state index in [4.69, 9.17) is 4.74 Å². The highest BCUT2D eigenvalue weighted by Gasteiger charge is 2.18. The van der Waals surface area contributed by atoms with Crippen molar-refractivity contribution in [1.29, 1.82) is 0 Å². The van der Waals surface area contributed by atoms with Gasteiger partial charge >= 0.3 is 0 Å². The van der Waals surface area contributed by atoms with Gasteiger partial charge in [-0.15, -0.1) is 0 Å². The topological polar surface area (TPSA) is 50.4 Å². The largest absolute Gasteiger partial charge is 0.494 e. The van der Waals surface area contributed by atoms with E-state index in [2.05, 4.69) is 10.6 Å². The second kappa shape index (κ2) is 7.29. The molecule has 20 heavy (non-hydrogen) atoms. The number of carbonyl (C=O) groups excluding carboxylic acids is 1. The van der Waals surface area contributed by atoms with Crippen molar-refractivity contribution in [1.82, 2.24) is 10.6 Å². The molecule has 1 unspecified atom stereocenters. The zero-order valence-electron chi connectivity index (χ0n) is 13.1. The average molecular weight is 278 g/mol. The molecule has 0 fully saturated rings. The van der Waals surface area contributed by atoms with E-state index in [0.717, 1.165) is 11.3 Å². The van der Waals surface area contributed by atoms with Crippen molar-refractivity contribution in [2.45, 2.75) is 52.7 Å². The van der Waals surface area contributed by atoms with E-state index in [1.807, 2.05) is 58.9 Å². The van der Waals surface area contributed by atoms with Gasteiger partial charge in [-0.25, -0.2) is 0 Å². The maximum Gasteiger partial charge on any atom is 0.237 e. The molecule has 4 heteroatoms. The van der Waals surface area contributed by atoms with Gasteiger partial charge in [-0.3, -0.25) is 4.79 Å². The minimum atomic E-state index is -0.246. The number of benzene rings is 1. The Labute approximate surface area is 121 Å². The van der Waals surface area contributed by atoms with Crippen LogP contribution in [-0.4, -0.2) is 24.1 Å². The number of hydrogen-bond acceptors (Lipinski definition) is 3. The van der Waals surface area contributed by atoms with Crippen molar-refractivity contribution >= 4 is 5.91 Å². The Bertz CT molecular complexity index is 438. The van der Waals surface area contributed by atoms with Crippen molar-refractivity contribution in [2.75, 3.05) is 6.61 Å². The minimum Gasteiger partial charge on any atom is -0.494 e. The van der Waals surface area contributed by atoms with Gasteiger partial charge in [-0.05, 0) is 40.7 Å². The fourth-order valence-corrected chi connectivity index (χ4v) is 1.78. The van der Waals surface area contributed by atoms with Crippen LogP contribution in [0.5, 0.6) is 5.75 Å². The quantitative estimate of drug-likeness (QED) is 0.840. The molecule has 1 amide bonds. The molecule has 0 saturated heterocycles. The van der Waals surface area contributed by atoms with E-state index in [-0.39, 0.29) is 17.5 Å². The zero-order valence-corrected chi connectivity index (χ0v) is 13.1. The van der Waals surface area contributed by atoms with Crippen molar-refractivity contribution < 1.29 is 9.53 Å². The van der Waals surface area contributed by atoms with Gasteiger partial charge in [0, 0.05) is 17.6 Å². The molecule has 1 aromatic carbocycles. The van der Waals surface area contributed by atoms with Crippen LogP contribution in [0.15, 0.2) is 24.3 Å². The Morgan fingerprint density at radius 2 is 1.95 bits per heavy atom. The second-order valence-electron chi connectivity index (χ2n) is 5.88. The van der Waals surface area contributed by atoms with Crippen molar-refractivity contribution in [3.63, 3.8) is 0 Å². The monoisotopic (exact) mass is 278 g/mol. The van der Waals surface area contributed by atoms with Crippen LogP contribution in [0, 0.1) is 0 Å². The van der Waals surface area contributed by atoms with Crippen LogP contribution in [0.2, 0.25) is 0 Å². The first-order chi connectivity index (χ1) is 9.33. The lowest BCUT2D eigenvalue weighted by Crippen LogP contribution is -2.49. The lowest BCUT2D eigenvalue weighted by Gasteiger charge is -2.24. The smallest absolute Gasteiger partial charge is 0.237 e. The lowest BCUT2D eigenvalue weighted by atomic mass is 10.1. The van der Waals surface area contributed by atoms with E-state index in [9.17, 15) is 4.79 Å². The molecular formula is C16H26N2O2. The van der Waals surface area contributed by atoms with E-state index in [0.29, 0.717) is 13.2 Å². The molecule has 0 spiro atoms. The minimum absolute atomic E-state index is 0.00592. The fraction of sp³-hybridized carbons (Fsp3) is 0.562. The third-order valence-electron chi connectivity index (χ3n) is 2.76. The van der Waals surface area contributed by atoms with Gasteiger partial charge in [0.05, 0.1) is 12.6 Å². The zero-order chi connectivity index (χ0) is 15.2. The third kappa shape index (κ3) is 5.61. The molecule has 0 aliphatic heterocycles. The van der Waals surface area contributed by atoms with Crippen molar-refractivity contribution in [2.24, 2.45) is 0 Å². The van der Waals surface area contributed by atoms with Gasteiger partial charge in [0.15, 0.2) is 0 Å². The van der Waals surface area contributed by atoms with Gasteiger partial charge < -0.3 is 15.4 Å². The summed E-state index contributed by atoms with van der Waals surface area (Å²) in [6.45, 7) is 11.0. The maximum atomic E-state index is 12.0. The molecule has 0 aromatic heterocycles. The molecular weight excluding hydrogens is 252 g/mol. The van der Waals surface area contributed by atoms with Gasteiger partial charge in [-0.2, -0.15) is 0 Å². The molecule has 0 radical (unpaired) electrons. The summed E-state index contributed by atoms with van der Waals surface area (Å²) in [7, 11) is 0. The predicted octanol–water partition coefficient (Wildman–Crippen LogP) is 2.48. The van der Waals surface area contributed by atoms with Gasteiger partial charge in [0.1, 0.15) is 5.75 Å². The highest BCUT2D eigenvalue weighted by Crippen LogP contribution is 2.17. The van der Waals surface area contributed by atoms with E-state index < -0.39 is 0 Å². The first-order valence-electron chi connectivity index (χ1n) is 7.09. The molecule has 0 heterocycles. The molecule has 0 aliphatic carbocycles. The fourth-order valence-electron chi connectivity index (χ4n) is 1.78. The standard InChI is InChI=1S/C16H26N2O2/c1-6-20-14-10-8-7-9-13(14)11-17-12(2)15(19)18-16(3,4)5/h7-10,12,17H,6,11H2,1-5H3,(H,18,19). The van der Waals surface area contributed by atoms with Gasteiger partial charge in [0.2, 0.25) is 5.91 Å². The van der Waals surface area contributed by atoms with Crippen LogP contribution in [0.4, 0.5) is 0 Å². The summed E-state index contributed by atoms with van der Waals surface area (Å²) in [5.74, 6) is 0.873. The van der Waals surface area contributed by atoms with Crippen molar-refractivity contribution in [3.8, 4) is 5.75 Å². The van der Waals surface area contributed by atoms with Crippen LogP contribution < -0.4 is 15.4 Å². The summed E-state index contributed by atoms with van der Waals surface area (Å²) in [6.07, 6.45) is 0. The van der Waals surface area contributed by atoms with Gasteiger partial charge in [-0.1, -0.05) is 18.2 Å². The number of carbonyl (C=O) groups is 1. The van der Waals surface area contributed by atoms with E-state index in [1.165, 1.54) is 0 Å². The lowest BCUT2D eigenvalue weighted by molar-refractivity contribution is -0.124. The first-order valence-corrected chi connectivity index (χ1v) is 7.09. The highest BCUT2D eigenvalue weighted by atomic mass is 16.5. The molecule has 0 saturated carbocycles. The summed E-state index contributed by atoms with van der Waals surface area (Å²) >= 11 is 0. The van der Waals surface area contributed by atoms with Crippen LogP contribution in [0.25, 0.3) is 0 Å². The van der Waals surface area contributed by atoms with Crippen LogP contribution >= 0.6 is 0 Å². The number of para-hydroxylation sites is 1. The normalized spacial score (nSPS) is 12.8. The Morgan fingerprint density at radius 3 is 2.55 bits per heavy atom. The van der Waals surface area contributed by atoms with Crippen LogP contribution in [-0.2, 0) is 11.3 Å². The molecule has 0 bridgehead atoms. The maximum absolute atomic E-state index is 12.0. The number of nitrogens with one attached hydrogen (secondary N) is 2. The second-order valence-corrected chi connectivity index (χ2v) is 5.88. The Balaban J connectivity index is 2.56. The average Bonchev–Trinajstić information content (AvgIpc) is 2.35. The molecule has 0 aliphatic rings. The summed E-state index contributed by atoms with van der Waals surface area (Å²) in [6, 6.07) is 7.63. The van der Waals surface area contributed by atoms with Gasteiger partial charge in [0.25, 0.3) is 0 Å². The number of ether oxygens (including phenoxy) is 1. The summed E-state index contributed by atoms with van der Waals surface area (Å²) < 4.78 is 5.57. The predicted molar refractivity (Wildman–Crippen MR) is 81.8 cm³/mol. The molecule has 1 rings (SSSR count). The third-order valence-corrected chi connectivity index (χ3v) is 2.76. The Morgan fingerprint density at radius 1 is 1.30 bits per heavy atom. The number of hydrogen-bond donors (Lipinski definition) is 2. The summed E-state index contributed by atoms with van der Waals surface area (Å²) in [5, 5.41) is 6.19. The SMILES string of the molecule is CCOc1ccccc1CNC(C)C(=O)NC(C)(C)C. The van der Waals surface area contributed by atoms with Crippen molar-refractivity contribution in [3.05, 3.63) is 29.8 Å². The molecule has 112 valence electrons. The molecule has 2 N–H and O–H groups in total. The number of amides is 1. The number of rotatable bonds is 6. The molecule has 1 aromatic rings. The Hall–Kier alpha value is -1.55. The van der Waals surface area contributed by atoms with Crippen LogP contribution in [0.1, 0.15) is 40.2 Å². The summed E-state index contributed by atoms with van der Waals surface area (Å²) in [5.41, 5.74) is 0.848. The first kappa shape index (κ1) is 16.5. The summed E-state index contributed by atoms with van der Waals surface area (Å²) in [4.78, 5) is 12.0. The van der Waals surface area contributed by atoms with E-state index >= 15 is 0 Å². The van der Waals surface area contributed by atoms with E-state index in [1.54, 1.807) is 0 Å². The molecule has 4 nitrogen and oxygen atoms in total. The Kier molecular flexibility index (Phi) is 6.02. The van der Waals surface area contributed by atoms with Crippen LogP contribution in [0.3, 0.4) is 0 Å². The molecule has 1 atom stereocenters.